The quantitative estimate of drug-likeness (QED) is 0.839. The fraction of sp³-hybridized carbons (Fsp3) is 0.154. The van der Waals surface area contributed by atoms with E-state index in [2.05, 4.69) is 40.0 Å². The molecule has 82 valence electrons. The SMILES string of the molecule is CCc1ccc(Oc2ncccc2Br)cc1. The topological polar surface area (TPSA) is 22.1 Å². The van der Waals surface area contributed by atoms with Crippen LogP contribution in [0, 0.1) is 0 Å². The van der Waals surface area contributed by atoms with Gasteiger partial charge in [-0.25, -0.2) is 4.98 Å². The van der Waals surface area contributed by atoms with Crippen molar-refractivity contribution in [2.75, 3.05) is 0 Å². The molecular formula is C13H12BrNO. The van der Waals surface area contributed by atoms with Crippen LogP contribution >= 0.6 is 15.9 Å². The number of halogens is 1. The van der Waals surface area contributed by atoms with Crippen LogP contribution in [0.15, 0.2) is 47.1 Å². The molecule has 1 aromatic heterocycles. The van der Waals surface area contributed by atoms with Gasteiger partial charge in [0.1, 0.15) is 5.75 Å². The number of ether oxygens (including phenoxy) is 1. The minimum atomic E-state index is 0.590. The van der Waals surface area contributed by atoms with Crippen molar-refractivity contribution in [3.63, 3.8) is 0 Å². The molecule has 0 saturated heterocycles. The first-order chi connectivity index (χ1) is 7.79. The Morgan fingerprint density at radius 2 is 1.94 bits per heavy atom. The van der Waals surface area contributed by atoms with Crippen molar-refractivity contribution >= 4 is 15.9 Å². The summed E-state index contributed by atoms with van der Waals surface area (Å²) < 4.78 is 6.51. The minimum absolute atomic E-state index is 0.590. The van der Waals surface area contributed by atoms with Crippen LogP contribution in [-0.2, 0) is 6.42 Å². The van der Waals surface area contributed by atoms with E-state index in [1.807, 2.05) is 24.3 Å². The molecule has 0 aliphatic heterocycles. The van der Waals surface area contributed by atoms with Crippen molar-refractivity contribution < 1.29 is 4.74 Å². The number of nitrogens with zero attached hydrogens (tertiary/aromatic N) is 1. The summed E-state index contributed by atoms with van der Waals surface area (Å²) >= 11 is 3.39. The van der Waals surface area contributed by atoms with Gasteiger partial charge in [-0.15, -0.1) is 0 Å². The molecular weight excluding hydrogens is 266 g/mol. The fourth-order valence-corrected chi connectivity index (χ4v) is 1.69. The first kappa shape index (κ1) is 11.1. The number of pyridine rings is 1. The second-order valence-electron chi connectivity index (χ2n) is 3.39. The molecule has 16 heavy (non-hydrogen) atoms. The van der Waals surface area contributed by atoms with Crippen LogP contribution in [0.25, 0.3) is 0 Å². The van der Waals surface area contributed by atoms with Crippen LogP contribution < -0.4 is 4.74 Å². The van der Waals surface area contributed by atoms with Crippen LogP contribution in [0.5, 0.6) is 11.6 Å². The minimum Gasteiger partial charge on any atom is -0.438 e. The smallest absolute Gasteiger partial charge is 0.233 e. The van der Waals surface area contributed by atoms with E-state index in [0.717, 1.165) is 16.6 Å². The van der Waals surface area contributed by atoms with E-state index in [4.69, 9.17) is 4.74 Å². The lowest BCUT2D eigenvalue weighted by Gasteiger charge is -2.06. The zero-order chi connectivity index (χ0) is 11.4. The average Bonchev–Trinajstić information content (AvgIpc) is 2.33. The monoisotopic (exact) mass is 277 g/mol. The van der Waals surface area contributed by atoms with Gasteiger partial charge in [0.25, 0.3) is 0 Å². The Kier molecular flexibility index (Phi) is 3.57. The number of rotatable bonds is 3. The molecule has 0 saturated carbocycles. The van der Waals surface area contributed by atoms with E-state index in [0.29, 0.717) is 5.88 Å². The van der Waals surface area contributed by atoms with Crippen molar-refractivity contribution in [2.24, 2.45) is 0 Å². The van der Waals surface area contributed by atoms with Crippen molar-refractivity contribution in [2.45, 2.75) is 13.3 Å². The second kappa shape index (κ2) is 5.12. The molecule has 1 heterocycles. The first-order valence-electron chi connectivity index (χ1n) is 5.17. The van der Waals surface area contributed by atoms with Crippen molar-refractivity contribution in [1.29, 1.82) is 0 Å². The highest BCUT2D eigenvalue weighted by Gasteiger charge is 2.02. The molecule has 0 atom stereocenters. The van der Waals surface area contributed by atoms with E-state index in [-0.39, 0.29) is 0 Å². The van der Waals surface area contributed by atoms with Gasteiger partial charge < -0.3 is 4.74 Å². The number of hydrogen-bond acceptors (Lipinski definition) is 2. The summed E-state index contributed by atoms with van der Waals surface area (Å²) in [5.74, 6) is 1.39. The average molecular weight is 278 g/mol. The Hall–Kier alpha value is -1.35. The molecule has 0 bridgehead atoms. The van der Waals surface area contributed by atoms with E-state index >= 15 is 0 Å². The van der Waals surface area contributed by atoms with Gasteiger partial charge in [-0.3, -0.25) is 0 Å². The zero-order valence-electron chi connectivity index (χ0n) is 8.98. The van der Waals surface area contributed by atoms with Crippen LogP contribution in [0.4, 0.5) is 0 Å². The predicted molar refractivity (Wildman–Crippen MR) is 67.8 cm³/mol. The Balaban J connectivity index is 2.18. The van der Waals surface area contributed by atoms with Crippen LogP contribution in [0.2, 0.25) is 0 Å². The summed E-state index contributed by atoms with van der Waals surface area (Å²) in [7, 11) is 0. The molecule has 0 N–H and O–H groups in total. The summed E-state index contributed by atoms with van der Waals surface area (Å²) in [5.41, 5.74) is 1.30. The molecule has 2 nitrogen and oxygen atoms in total. The lowest BCUT2D eigenvalue weighted by Crippen LogP contribution is -1.88. The Labute approximate surface area is 103 Å². The summed E-state index contributed by atoms with van der Waals surface area (Å²) in [6.45, 7) is 2.13. The zero-order valence-corrected chi connectivity index (χ0v) is 10.6. The summed E-state index contributed by atoms with van der Waals surface area (Å²) in [6, 6.07) is 11.8. The normalized spacial score (nSPS) is 10.1. The molecule has 0 fully saturated rings. The molecule has 0 aliphatic carbocycles. The van der Waals surface area contributed by atoms with Gasteiger partial charge in [0.05, 0.1) is 4.47 Å². The summed E-state index contributed by atoms with van der Waals surface area (Å²) in [5, 5.41) is 0. The molecule has 3 heteroatoms. The maximum atomic E-state index is 5.65. The molecule has 0 amide bonds. The highest BCUT2D eigenvalue weighted by Crippen LogP contribution is 2.26. The molecule has 1 aromatic carbocycles. The van der Waals surface area contributed by atoms with Gasteiger partial charge in [0.2, 0.25) is 5.88 Å². The third kappa shape index (κ3) is 2.61. The highest BCUT2D eigenvalue weighted by molar-refractivity contribution is 9.10. The third-order valence-electron chi connectivity index (χ3n) is 2.27. The molecule has 0 radical (unpaired) electrons. The number of aromatic nitrogens is 1. The lowest BCUT2D eigenvalue weighted by molar-refractivity contribution is 0.459. The van der Waals surface area contributed by atoms with Gasteiger partial charge >= 0.3 is 0 Å². The van der Waals surface area contributed by atoms with Crippen molar-refractivity contribution in [3.05, 3.63) is 52.6 Å². The molecule has 0 aliphatic rings. The van der Waals surface area contributed by atoms with Gasteiger partial charge in [0.15, 0.2) is 0 Å². The standard InChI is InChI=1S/C13H12BrNO/c1-2-10-5-7-11(8-6-10)16-13-12(14)4-3-9-15-13/h3-9H,2H2,1H3. The lowest BCUT2D eigenvalue weighted by atomic mass is 10.2. The van der Waals surface area contributed by atoms with Gasteiger partial charge in [0, 0.05) is 6.20 Å². The maximum Gasteiger partial charge on any atom is 0.233 e. The Bertz CT molecular complexity index is 468. The van der Waals surface area contributed by atoms with E-state index in [1.54, 1.807) is 6.20 Å². The number of aryl methyl sites for hydroxylation is 1. The first-order valence-corrected chi connectivity index (χ1v) is 5.96. The highest BCUT2D eigenvalue weighted by atomic mass is 79.9. The molecule has 0 spiro atoms. The van der Waals surface area contributed by atoms with Gasteiger partial charge in [-0.2, -0.15) is 0 Å². The Morgan fingerprint density at radius 3 is 2.56 bits per heavy atom. The Morgan fingerprint density at radius 1 is 1.19 bits per heavy atom. The second-order valence-corrected chi connectivity index (χ2v) is 4.24. The van der Waals surface area contributed by atoms with Gasteiger partial charge in [-0.05, 0) is 52.2 Å². The third-order valence-corrected chi connectivity index (χ3v) is 2.87. The molecule has 2 rings (SSSR count). The van der Waals surface area contributed by atoms with Crippen LogP contribution in [0.1, 0.15) is 12.5 Å². The number of benzene rings is 1. The number of hydrogen-bond donors (Lipinski definition) is 0. The largest absolute Gasteiger partial charge is 0.438 e. The van der Waals surface area contributed by atoms with Crippen molar-refractivity contribution in [3.8, 4) is 11.6 Å². The van der Waals surface area contributed by atoms with Crippen LogP contribution in [0.3, 0.4) is 0 Å². The maximum absolute atomic E-state index is 5.65. The fourth-order valence-electron chi connectivity index (χ4n) is 1.35. The molecule has 2 aromatic rings. The van der Waals surface area contributed by atoms with E-state index in [9.17, 15) is 0 Å². The van der Waals surface area contributed by atoms with Crippen molar-refractivity contribution in [1.82, 2.24) is 4.98 Å². The van der Waals surface area contributed by atoms with E-state index in [1.165, 1.54) is 5.56 Å². The summed E-state index contributed by atoms with van der Waals surface area (Å²) in [4.78, 5) is 4.15. The van der Waals surface area contributed by atoms with Crippen LogP contribution in [-0.4, -0.2) is 4.98 Å². The summed E-state index contributed by atoms with van der Waals surface area (Å²) in [6.07, 6.45) is 2.74. The van der Waals surface area contributed by atoms with Gasteiger partial charge in [-0.1, -0.05) is 19.1 Å². The predicted octanol–water partition coefficient (Wildman–Crippen LogP) is 4.20. The van der Waals surface area contributed by atoms with E-state index < -0.39 is 0 Å². The molecule has 0 unspecified atom stereocenters.